The molecule has 0 aromatic heterocycles. The highest BCUT2D eigenvalue weighted by Crippen LogP contribution is 2.32. The lowest BCUT2D eigenvalue weighted by Crippen LogP contribution is -1.92. The van der Waals surface area contributed by atoms with E-state index >= 15 is 0 Å². The van der Waals surface area contributed by atoms with E-state index in [2.05, 4.69) is 0 Å². The van der Waals surface area contributed by atoms with Crippen molar-refractivity contribution in [1.29, 1.82) is 0 Å². The van der Waals surface area contributed by atoms with E-state index in [1.54, 1.807) is 0 Å². The van der Waals surface area contributed by atoms with Gasteiger partial charge in [0.25, 0.3) is 0 Å². The summed E-state index contributed by atoms with van der Waals surface area (Å²) < 4.78 is 12.6. The molecule has 1 N–H and O–H groups in total. The fourth-order valence-electron chi connectivity index (χ4n) is 1.15. The molecule has 76 valence electrons. The summed E-state index contributed by atoms with van der Waals surface area (Å²) in [5.74, 6) is -0.679. The summed E-state index contributed by atoms with van der Waals surface area (Å²) in [4.78, 5) is 10.1. The predicted molar refractivity (Wildman–Crippen MR) is 52.0 cm³/mol. The molecule has 0 saturated carbocycles. The molecule has 0 aliphatic rings. The molecule has 0 heterocycles. The van der Waals surface area contributed by atoms with Crippen LogP contribution in [-0.4, -0.2) is 11.4 Å². The number of phenolic OH excluding ortho intramolecular Hbond substituents is 1. The monoisotopic (exact) mass is 216 g/mol. The van der Waals surface area contributed by atoms with Crippen LogP contribution in [0.3, 0.4) is 0 Å². The summed E-state index contributed by atoms with van der Waals surface area (Å²) in [5, 5.41) is 8.89. The van der Waals surface area contributed by atoms with Gasteiger partial charge in [0.1, 0.15) is 17.9 Å². The van der Waals surface area contributed by atoms with Crippen molar-refractivity contribution in [2.45, 2.75) is 18.2 Å². The zero-order valence-electron chi connectivity index (χ0n) is 7.41. The molecule has 0 bridgehead atoms. The normalized spacial score (nSPS) is 12.4. The third kappa shape index (κ3) is 2.70. The molecule has 2 nitrogen and oxygen atoms in total. The standard InChI is InChI=1S/C10H10ClFO2/c11-9(2-1-5-13)8-4-3-7(12)6-10(8)14/h3-6,9,14H,1-2H2. The number of alkyl halides is 1. The van der Waals surface area contributed by atoms with Crippen LogP contribution in [0.1, 0.15) is 23.8 Å². The Labute approximate surface area is 86.3 Å². The SMILES string of the molecule is O=CCCC(Cl)c1ccc(F)cc1O. The van der Waals surface area contributed by atoms with Crippen molar-refractivity contribution in [2.24, 2.45) is 0 Å². The number of carbonyl (C=O) groups excluding carboxylic acids is 1. The predicted octanol–water partition coefficient (Wildman–Crippen LogP) is 2.79. The number of aromatic hydroxyl groups is 1. The van der Waals surface area contributed by atoms with Crippen molar-refractivity contribution in [3.8, 4) is 5.75 Å². The van der Waals surface area contributed by atoms with Gasteiger partial charge in [0.05, 0.1) is 5.38 Å². The van der Waals surface area contributed by atoms with Gasteiger partial charge < -0.3 is 9.90 Å². The molecule has 14 heavy (non-hydrogen) atoms. The molecule has 1 atom stereocenters. The van der Waals surface area contributed by atoms with Crippen LogP contribution >= 0.6 is 11.6 Å². The van der Waals surface area contributed by atoms with E-state index in [1.807, 2.05) is 0 Å². The smallest absolute Gasteiger partial charge is 0.126 e. The highest BCUT2D eigenvalue weighted by Gasteiger charge is 2.12. The van der Waals surface area contributed by atoms with E-state index in [1.165, 1.54) is 12.1 Å². The van der Waals surface area contributed by atoms with Crippen molar-refractivity contribution >= 4 is 17.9 Å². The first kappa shape index (κ1) is 11.0. The van der Waals surface area contributed by atoms with Crippen molar-refractivity contribution in [3.63, 3.8) is 0 Å². The largest absolute Gasteiger partial charge is 0.508 e. The molecule has 0 spiro atoms. The average Bonchev–Trinajstić information content (AvgIpc) is 2.14. The number of benzene rings is 1. The Morgan fingerprint density at radius 1 is 1.57 bits per heavy atom. The Hall–Kier alpha value is -1.09. The molecule has 0 fully saturated rings. The minimum atomic E-state index is -0.509. The molecule has 1 unspecified atom stereocenters. The van der Waals surface area contributed by atoms with Crippen molar-refractivity contribution in [1.82, 2.24) is 0 Å². The average molecular weight is 217 g/mol. The molecule has 1 aromatic carbocycles. The van der Waals surface area contributed by atoms with Gasteiger partial charge >= 0.3 is 0 Å². The Balaban J connectivity index is 2.78. The third-order valence-corrected chi connectivity index (χ3v) is 2.32. The van der Waals surface area contributed by atoms with Gasteiger partial charge in [0.15, 0.2) is 0 Å². The lowest BCUT2D eigenvalue weighted by molar-refractivity contribution is -0.107. The van der Waals surface area contributed by atoms with Gasteiger partial charge in [-0.3, -0.25) is 0 Å². The summed E-state index contributed by atoms with van der Waals surface area (Å²) in [7, 11) is 0. The van der Waals surface area contributed by atoms with Crippen LogP contribution in [0.5, 0.6) is 5.75 Å². The first-order chi connectivity index (χ1) is 6.65. The number of hydrogen-bond donors (Lipinski definition) is 1. The third-order valence-electron chi connectivity index (χ3n) is 1.87. The molecular formula is C10H10ClFO2. The van der Waals surface area contributed by atoms with E-state index in [0.717, 1.165) is 12.4 Å². The quantitative estimate of drug-likeness (QED) is 0.621. The second-order valence-electron chi connectivity index (χ2n) is 2.91. The van der Waals surface area contributed by atoms with E-state index in [-0.39, 0.29) is 5.75 Å². The Morgan fingerprint density at radius 2 is 2.29 bits per heavy atom. The van der Waals surface area contributed by atoms with Crippen LogP contribution in [0.15, 0.2) is 18.2 Å². The van der Waals surface area contributed by atoms with Crippen LogP contribution in [0.25, 0.3) is 0 Å². The number of aldehydes is 1. The fraction of sp³-hybridized carbons (Fsp3) is 0.300. The Kier molecular flexibility index (Phi) is 3.89. The van der Waals surface area contributed by atoms with Crippen molar-refractivity contribution < 1.29 is 14.3 Å². The molecule has 0 radical (unpaired) electrons. The summed E-state index contributed by atoms with van der Waals surface area (Å²) in [6.45, 7) is 0. The van der Waals surface area contributed by atoms with Crippen LogP contribution in [0.2, 0.25) is 0 Å². The maximum Gasteiger partial charge on any atom is 0.126 e. The summed E-state index contributed by atoms with van der Waals surface area (Å²) >= 11 is 5.90. The van der Waals surface area contributed by atoms with E-state index < -0.39 is 11.2 Å². The topological polar surface area (TPSA) is 37.3 Å². The first-order valence-electron chi connectivity index (χ1n) is 4.21. The first-order valence-corrected chi connectivity index (χ1v) is 4.65. The number of hydrogen-bond acceptors (Lipinski definition) is 2. The van der Waals surface area contributed by atoms with E-state index in [0.29, 0.717) is 18.4 Å². The van der Waals surface area contributed by atoms with Crippen LogP contribution in [0.4, 0.5) is 4.39 Å². The zero-order chi connectivity index (χ0) is 10.6. The molecular weight excluding hydrogens is 207 g/mol. The van der Waals surface area contributed by atoms with Crippen molar-refractivity contribution in [2.75, 3.05) is 0 Å². The molecule has 0 aliphatic heterocycles. The second-order valence-corrected chi connectivity index (χ2v) is 3.44. The lowest BCUT2D eigenvalue weighted by atomic mass is 10.1. The number of rotatable bonds is 4. The highest BCUT2D eigenvalue weighted by atomic mass is 35.5. The summed E-state index contributed by atoms with van der Waals surface area (Å²) in [5.41, 5.74) is 0.454. The highest BCUT2D eigenvalue weighted by molar-refractivity contribution is 6.21. The molecule has 0 saturated heterocycles. The number of carbonyl (C=O) groups is 1. The maximum atomic E-state index is 12.6. The fourth-order valence-corrected chi connectivity index (χ4v) is 1.46. The van der Waals surface area contributed by atoms with Gasteiger partial charge in [-0.2, -0.15) is 0 Å². The van der Waals surface area contributed by atoms with Crippen LogP contribution in [-0.2, 0) is 4.79 Å². The molecule has 1 rings (SSSR count). The second kappa shape index (κ2) is 4.96. The minimum absolute atomic E-state index is 0.170. The van der Waals surface area contributed by atoms with Gasteiger partial charge in [0, 0.05) is 18.1 Å². The molecule has 0 amide bonds. The molecule has 4 heteroatoms. The maximum absolute atomic E-state index is 12.6. The number of halogens is 2. The van der Waals surface area contributed by atoms with Gasteiger partial charge in [-0.15, -0.1) is 11.6 Å². The summed E-state index contributed by atoms with van der Waals surface area (Å²) in [6, 6.07) is 3.66. The molecule has 1 aromatic rings. The van der Waals surface area contributed by atoms with Gasteiger partial charge in [-0.1, -0.05) is 6.07 Å². The van der Waals surface area contributed by atoms with E-state index in [4.69, 9.17) is 11.6 Å². The van der Waals surface area contributed by atoms with Crippen molar-refractivity contribution in [3.05, 3.63) is 29.6 Å². The van der Waals surface area contributed by atoms with Crippen LogP contribution < -0.4 is 0 Å². The summed E-state index contributed by atoms with van der Waals surface area (Å²) in [6.07, 6.45) is 1.52. The Bertz CT molecular complexity index is 328. The lowest BCUT2D eigenvalue weighted by Gasteiger charge is -2.09. The Morgan fingerprint density at radius 3 is 2.86 bits per heavy atom. The van der Waals surface area contributed by atoms with Gasteiger partial charge in [-0.25, -0.2) is 4.39 Å². The van der Waals surface area contributed by atoms with E-state index in [9.17, 15) is 14.3 Å². The van der Waals surface area contributed by atoms with Gasteiger partial charge in [-0.05, 0) is 12.5 Å². The number of phenols is 1. The van der Waals surface area contributed by atoms with Gasteiger partial charge in [0.2, 0.25) is 0 Å². The minimum Gasteiger partial charge on any atom is -0.508 e. The molecule has 0 aliphatic carbocycles. The zero-order valence-corrected chi connectivity index (χ0v) is 8.17. The van der Waals surface area contributed by atoms with Crippen LogP contribution in [0, 0.1) is 5.82 Å².